The van der Waals surface area contributed by atoms with Crippen LogP contribution in [0, 0.1) is 6.92 Å². The second kappa shape index (κ2) is 5.89. The highest BCUT2D eigenvalue weighted by atomic mass is 35.5. The van der Waals surface area contributed by atoms with Crippen molar-refractivity contribution in [2.45, 2.75) is 26.4 Å². The van der Waals surface area contributed by atoms with E-state index in [0.29, 0.717) is 5.02 Å². The Morgan fingerprint density at radius 1 is 1.42 bits per heavy atom. The van der Waals surface area contributed by atoms with E-state index in [4.69, 9.17) is 11.6 Å². The minimum atomic E-state index is -0.0875. The lowest BCUT2D eigenvalue weighted by Crippen LogP contribution is -2.30. The number of carbonyl (C=O) groups is 1. The van der Waals surface area contributed by atoms with Crippen molar-refractivity contribution in [3.63, 3.8) is 0 Å². The van der Waals surface area contributed by atoms with Crippen LogP contribution in [0.15, 0.2) is 36.5 Å². The van der Waals surface area contributed by atoms with E-state index in [9.17, 15) is 4.79 Å². The number of rotatable bonds is 4. The summed E-state index contributed by atoms with van der Waals surface area (Å²) in [5.74, 6) is -0.0875. The van der Waals surface area contributed by atoms with Crippen LogP contribution in [0.4, 0.5) is 0 Å². The van der Waals surface area contributed by atoms with Gasteiger partial charge in [-0.25, -0.2) is 0 Å². The first-order valence-electron chi connectivity index (χ1n) is 6.10. The van der Waals surface area contributed by atoms with Crippen LogP contribution < -0.4 is 5.32 Å². The Bertz CT molecular complexity index is 546. The fourth-order valence-electron chi connectivity index (χ4n) is 1.83. The fraction of sp³-hybridized carbons (Fsp3) is 0.286. The average Bonchev–Trinajstić information content (AvgIpc) is 2.69. The monoisotopic (exact) mass is 277 g/mol. The lowest BCUT2D eigenvalue weighted by Gasteiger charge is -2.14. The molecule has 1 heterocycles. The summed E-state index contributed by atoms with van der Waals surface area (Å²) >= 11 is 5.90. The number of hydrogen-bond donors (Lipinski definition) is 1. The van der Waals surface area contributed by atoms with Gasteiger partial charge in [-0.05, 0) is 19.4 Å². The first-order valence-corrected chi connectivity index (χ1v) is 6.48. The number of halogens is 1. The number of benzene rings is 1. The third-order valence-corrected chi connectivity index (χ3v) is 3.24. The topological polar surface area (TPSA) is 46.9 Å². The molecule has 19 heavy (non-hydrogen) atoms. The normalized spacial score (nSPS) is 12.2. The number of aromatic nitrogens is 2. The van der Waals surface area contributed by atoms with Crippen LogP contribution in [0.25, 0.3) is 0 Å². The molecule has 1 N–H and O–H groups in total. The van der Waals surface area contributed by atoms with Crippen molar-refractivity contribution in [1.29, 1.82) is 0 Å². The van der Waals surface area contributed by atoms with Gasteiger partial charge in [-0.15, -0.1) is 0 Å². The van der Waals surface area contributed by atoms with E-state index in [1.807, 2.05) is 44.2 Å². The molecule has 0 saturated carbocycles. The molecule has 0 aliphatic rings. The molecule has 0 saturated heterocycles. The number of carbonyl (C=O) groups excluding carboxylic acids is 1. The Kier molecular flexibility index (Phi) is 4.22. The summed E-state index contributed by atoms with van der Waals surface area (Å²) in [6.45, 7) is 3.93. The van der Waals surface area contributed by atoms with Gasteiger partial charge in [-0.2, -0.15) is 5.10 Å². The number of amides is 1. The largest absolute Gasteiger partial charge is 0.348 e. The van der Waals surface area contributed by atoms with Crippen LogP contribution in [0.2, 0.25) is 5.02 Å². The van der Waals surface area contributed by atoms with Crippen molar-refractivity contribution in [2.24, 2.45) is 0 Å². The minimum absolute atomic E-state index is 0.0270. The van der Waals surface area contributed by atoms with Crippen LogP contribution in [-0.2, 0) is 11.3 Å². The molecule has 5 heteroatoms. The second-order valence-electron chi connectivity index (χ2n) is 4.46. The molecular weight excluding hydrogens is 262 g/mol. The zero-order valence-electron chi connectivity index (χ0n) is 10.9. The Labute approximate surface area is 117 Å². The zero-order chi connectivity index (χ0) is 13.8. The third kappa shape index (κ3) is 3.58. The highest BCUT2D eigenvalue weighted by Gasteiger charge is 2.11. The molecule has 1 aromatic heterocycles. The molecule has 0 aliphatic carbocycles. The first-order chi connectivity index (χ1) is 9.06. The van der Waals surface area contributed by atoms with E-state index < -0.39 is 0 Å². The predicted molar refractivity (Wildman–Crippen MR) is 75.0 cm³/mol. The number of aryl methyl sites for hydroxylation is 1. The maximum absolute atomic E-state index is 11.9. The van der Waals surface area contributed by atoms with Crippen LogP contribution in [0.5, 0.6) is 0 Å². The Hall–Kier alpha value is -1.81. The van der Waals surface area contributed by atoms with Gasteiger partial charge in [0.05, 0.1) is 16.8 Å². The molecule has 2 aromatic rings. The molecule has 0 fully saturated rings. The Morgan fingerprint density at radius 3 is 2.68 bits per heavy atom. The molecule has 1 atom stereocenters. The molecule has 0 radical (unpaired) electrons. The number of nitrogens with one attached hydrogen (secondary N) is 1. The summed E-state index contributed by atoms with van der Waals surface area (Å²) in [7, 11) is 0. The zero-order valence-corrected chi connectivity index (χ0v) is 11.7. The van der Waals surface area contributed by atoms with Gasteiger partial charge in [-0.1, -0.05) is 41.9 Å². The van der Waals surface area contributed by atoms with Crippen LogP contribution in [-0.4, -0.2) is 15.7 Å². The molecule has 0 bridgehead atoms. The van der Waals surface area contributed by atoms with Crippen molar-refractivity contribution >= 4 is 17.5 Å². The summed E-state index contributed by atoms with van der Waals surface area (Å²) in [6.07, 6.45) is 1.66. The van der Waals surface area contributed by atoms with Gasteiger partial charge in [0.1, 0.15) is 6.54 Å². The van der Waals surface area contributed by atoms with Crippen LogP contribution in [0.3, 0.4) is 0 Å². The van der Waals surface area contributed by atoms with Crippen molar-refractivity contribution < 1.29 is 4.79 Å². The summed E-state index contributed by atoms with van der Waals surface area (Å²) in [6, 6.07) is 9.80. The van der Waals surface area contributed by atoms with Crippen molar-refractivity contribution in [1.82, 2.24) is 15.1 Å². The molecule has 100 valence electrons. The van der Waals surface area contributed by atoms with E-state index in [1.54, 1.807) is 10.9 Å². The van der Waals surface area contributed by atoms with Gasteiger partial charge in [0, 0.05) is 6.20 Å². The smallest absolute Gasteiger partial charge is 0.242 e. The van der Waals surface area contributed by atoms with Crippen molar-refractivity contribution in [3.05, 3.63) is 52.8 Å². The van der Waals surface area contributed by atoms with E-state index in [2.05, 4.69) is 10.4 Å². The number of nitrogens with zero attached hydrogens (tertiary/aromatic N) is 2. The van der Waals surface area contributed by atoms with E-state index in [1.165, 1.54) is 0 Å². The fourth-order valence-corrected chi connectivity index (χ4v) is 1.98. The Balaban J connectivity index is 1.94. The van der Waals surface area contributed by atoms with E-state index >= 15 is 0 Å². The molecule has 1 aromatic carbocycles. The summed E-state index contributed by atoms with van der Waals surface area (Å²) in [4.78, 5) is 11.9. The Morgan fingerprint density at radius 2 is 2.11 bits per heavy atom. The lowest BCUT2D eigenvalue weighted by atomic mass is 10.1. The molecular formula is C14H16ClN3O. The maximum atomic E-state index is 11.9. The quantitative estimate of drug-likeness (QED) is 0.934. The van der Waals surface area contributed by atoms with Gasteiger partial charge < -0.3 is 5.32 Å². The SMILES string of the molecule is Cc1nn(CC(=O)NC(C)c2ccccc2)cc1Cl. The third-order valence-electron chi connectivity index (χ3n) is 2.87. The highest BCUT2D eigenvalue weighted by molar-refractivity contribution is 6.31. The van der Waals surface area contributed by atoms with Crippen LogP contribution in [0.1, 0.15) is 24.2 Å². The van der Waals surface area contributed by atoms with Gasteiger partial charge in [0.25, 0.3) is 0 Å². The van der Waals surface area contributed by atoms with Crippen molar-refractivity contribution in [3.8, 4) is 0 Å². The van der Waals surface area contributed by atoms with Gasteiger partial charge in [0.2, 0.25) is 5.91 Å². The minimum Gasteiger partial charge on any atom is -0.348 e. The molecule has 1 unspecified atom stereocenters. The molecule has 0 spiro atoms. The molecule has 1 amide bonds. The van der Waals surface area contributed by atoms with E-state index in [-0.39, 0.29) is 18.5 Å². The van der Waals surface area contributed by atoms with Gasteiger partial charge in [0.15, 0.2) is 0 Å². The summed E-state index contributed by atoms with van der Waals surface area (Å²) in [5.41, 5.74) is 1.80. The van der Waals surface area contributed by atoms with Crippen LogP contribution >= 0.6 is 11.6 Å². The van der Waals surface area contributed by atoms with Crippen molar-refractivity contribution in [2.75, 3.05) is 0 Å². The predicted octanol–water partition coefficient (Wildman–Crippen LogP) is 2.72. The molecule has 4 nitrogen and oxygen atoms in total. The van der Waals surface area contributed by atoms with E-state index in [0.717, 1.165) is 11.3 Å². The van der Waals surface area contributed by atoms with Gasteiger partial charge in [-0.3, -0.25) is 9.48 Å². The maximum Gasteiger partial charge on any atom is 0.242 e. The lowest BCUT2D eigenvalue weighted by molar-refractivity contribution is -0.122. The second-order valence-corrected chi connectivity index (χ2v) is 4.87. The standard InChI is InChI=1S/C14H16ClN3O/c1-10(12-6-4-3-5-7-12)16-14(19)9-18-8-13(15)11(2)17-18/h3-8,10H,9H2,1-2H3,(H,16,19). The van der Waals surface area contributed by atoms with Gasteiger partial charge >= 0.3 is 0 Å². The average molecular weight is 278 g/mol. The number of hydrogen-bond acceptors (Lipinski definition) is 2. The molecule has 2 rings (SSSR count). The first kappa shape index (κ1) is 13.6. The molecule has 0 aliphatic heterocycles. The summed E-state index contributed by atoms with van der Waals surface area (Å²) in [5, 5.41) is 7.66. The summed E-state index contributed by atoms with van der Waals surface area (Å²) < 4.78 is 1.55. The highest BCUT2D eigenvalue weighted by Crippen LogP contribution is 2.13.